The number of rotatable bonds is 12. The number of nitrogens with zero attached hydrogens (tertiary/aromatic N) is 1. The summed E-state index contributed by atoms with van der Waals surface area (Å²) in [5.41, 5.74) is 5.55. The second kappa shape index (κ2) is 14.4. The van der Waals surface area contributed by atoms with Crippen molar-refractivity contribution in [1.29, 1.82) is 0 Å². The molecule has 9 heteroatoms. The lowest BCUT2D eigenvalue weighted by Gasteiger charge is -2.39. The maximum atomic E-state index is 14.2. The number of amides is 4. The molecule has 9 nitrogen and oxygen atoms in total. The van der Waals surface area contributed by atoms with E-state index in [0.29, 0.717) is 23.5 Å². The Labute approximate surface area is 227 Å². The summed E-state index contributed by atoms with van der Waals surface area (Å²) in [7, 11) is 0. The average molecular weight is 529 g/mol. The summed E-state index contributed by atoms with van der Waals surface area (Å²) in [6.45, 7) is 14.6. The van der Waals surface area contributed by atoms with E-state index in [1.54, 1.807) is 45.0 Å². The second-order valence-corrected chi connectivity index (χ2v) is 11.2. The smallest absolute Gasteiger partial charge is 0.408 e. The van der Waals surface area contributed by atoms with Crippen molar-refractivity contribution < 1.29 is 23.9 Å². The van der Waals surface area contributed by atoms with Gasteiger partial charge in [-0.1, -0.05) is 38.0 Å². The van der Waals surface area contributed by atoms with Crippen molar-refractivity contribution in [2.24, 2.45) is 11.7 Å². The molecule has 0 aliphatic rings. The fourth-order valence-electron chi connectivity index (χ4n) is 3.99. The molecule has 0 aliphatic carbocycles. The van der Waals surface area contributed by atoms with Gasteiger partial charge in [0.2, 0.25) is 17.7 Å². The first kappa shape index (κ1) is 32.5. The number of hydrogen-bond acceptors (Lipinski definition) is 5. The zero-order valence-corrected chi connectivity index (χ0v) is 24.0. The number of alkyl carbamates (subject to hydrolysis) is 1. The number of benzene rings is 1. The van der Waals surface area contributed by atoms with Gasteiger partial charge in [-0.3, -0.25) is 14.4 Å². The van der Waals surface area contributed by atoms with E-state index in [4.69, 9.17) is 16.9 Å². The molecule has 4 amide bonds. The third-order valence-corrected chi connectivity index (χ3v) is 5.65. The van der Waals surface area contributed by atoms with Crippen molar-refractivity contribution in [3.05, 3.63) is 35.4 Å². The van der Waals surface area contributed by atoms with Crippen LogP contribution < -0.4 is 16.4 Å². The fourth-order valence-corrected chi connectivity index (χ4v) is 3.99. The third-order valence-electron chi connectivity index (χ3n) is 5.65. The molecule has 1 aromatic rings. The molecule has 0 bridgehead atoms. The molecule has 0 aliphatic heterocycles. The topological polar surface area (TPSA) is 131 Å². The molecule has 210 valence electrons. The summed E-state index contributed by atoms with van der Waals surface area (Å²) < 4.78 is 5.32. The van der Waals surface area contributed by atoms with Gasteiger partial charge in [0.15, 0.2) is 0 Å². The molecule has 0 saturated carbocycles. The zero-order valence-electron chi connectivity index (χ0n) is 24.0. The van der Waals surface area contributed by atoms with E-state index in [-0.39, 0.29) is 6.04 Å². The Balaban J connectivity index is 3.72. The Bertz CT molecular complexity index is 1020. The molecule has 3 unspecified atom stereocenters. The number of carbonyl (C=O) groups is 4. The lowest BCUT2D eigenvalue weighted by molar-refractivity contribution is -0.146. The number of nitrogens with one attached hydrogen (secondary N) is 2. The summed E-state index contributed by atoms with van der Waals surface area (Å²) in [6.07, 6.45) is 5.77. The SMILES string of the molecule is C#Cc1ccccc1C(C(=O)NC(C)C)N(C(=O)C(CC(N)=O)NC(=O)OC(C)(C)C)C(C)CCC(C)C. The number of carbonyl (C=O) groups excluding carboxylic acids is 4. The van der Waals surface area contributed by atoms with Gasteiger partial charge in [0.05, 0.1) is 6.42 Å². The Hall–Kier alpha value is -3.54. The van der Waals surface area contributed by atoms with Gasteiger partial charge in [-0.2, -0.15) is 0 Å². The molecule has 38 heavy (non-hydrogen) atoms. The van der Waals surface area contributed by atoms with Crippen molar-refractivity contribution in [2.45, 2.75) is 104 Å². The monoisotopic (exact) mass is 528 g/mol. The Morgan fingerprint density at radius 2 is 1.63 bits per heavy atom. The molecule has 0 spiro atoms. The Morgan fingerprint density at radius 1 is 1.03 bits per heavy atom. The van der Waals surface area contributed by atoms with E-state index < -0.39 is 54.0 Å². The van der Waals surface area contributed by atoms with Gasteiger partial charge < -0.3 is 26.0 Å². The van der Waals surface area contributed by atoms with E-state index >= 15 is 0 Å². The van der Waals surface area contributed by atoms with Gasteiger partial charge in [0, 0.05) is 17.6 Å². The number of nitrogens with two attached hydrogens (primary N) is 1. The molecule has 0 fully saturated rings. The van der Waals surface area contributed by atoms with E-state index in [0.717, 1.165) is 6.42 Å². The highest BCUT2D eigenvalue weighted by Gasteiger charge is 2.40. The first-order valence-electron chi connectivity index (χ1n) is 13.0. The van der Waals surface area contributed by atoms with Crippen molar-refractivity contribution in [1.82, 2.24) is 15.5 Å². The van der Waals surface area contributed by atoms with E-state index in [1.807, 2.05) is 20.8 Å². The average Bonchev–Trinajstić information content (AvgIpc) is 2.78. The van der Waals surface area contributed by atoms with Crippen LogP contribution in [0.2, 0.25) is 0 Å². The van der Waals surface area contributed by atoms with Gasteiger partial charge in [-0.05, 0) is 71.9 Å². The molecule has 1 rings (SSSR count). The molecule has 0 radical (unpaired) electrons. The summed E-state index contributed by atoms with van der Waals surface area (Å²) in [6, 6.07) is 3.77. The minimum absolute atomic E-state index is 0.216. The fraction of sp³-hybridized carbons (Fsp3) is 0.586. The van der Waals surface area contributed by atoms with Crippen molar-refractivity contribution in [3.63, 3.8) is 0 Å². The molecule has 0 heterocycles. The van der Waals surface area contributed by atoms with Gasteiger partial charge >= 0.3 is 6.09 Å². The highest BCUT2D eigenvalue weighted by molar-refractivity contribution is 5.95. The van der Waals surface area contributed by atoms with Crippen LogP contribution in [0.5, 0.6) is 0 Å². The van der Waals surface area contributed by atoms with Crippen LogP contribution in [-0.4, -0.2) is 52.4 Å². The molecule has 0 aromatic heterocycles. The van der Waals surface area contributed by atoms with Gasteiger partial charge in [-0.25, -0.2) is 4.79 Å². The highest BCUT2D eigenvalue weighted by Crippen LogP contribution is 2.30. The van der Waals surface area contributed by atoms with E-state index in [9.17, 15) is 19.2 Å². The first-order valence-corrected chi connectivity index (χ1v) is 13.0. The van der Waals surface area contributed by atoms with Crippen molar-refractivity contribution in [2.75, 3.05) is 0 Å². The predicted octanol–water partition coefficient (Wildman–Crippen LogP) is 3.66. The molecular formula is C29H44N4O5. The van der Waals surface area contributed by atoms with E-state index in [2.05, 4.69) is 30.4 Å². The quantitative estimate of drug-likeness (QED) is 0.357. The van der Waals surface area contributed by atoms with Gasteiger partial charge in [-0.15, -0.1) is 6.42 Å². The first-order chi connectivity index (χ1) is 17.6. The van der Waals surface area contributed by atoms with Crippen LogP contribution in [0.15, 0.2) is 24.3 Å². The number of primary amides is 1. The van der Waals surface area contributed by atoms with Crippen molar-refractivity contribution in [3.8, 4) is 12.3 Å². The summed E-state index contributed by atoms with van der Waals surface area (Å²) in [4.78, 5) is 53.9. The van der Waals surface area contributed by atoms with Gasteiger partial charge in [0.1, 0.15) is 17.7 Å². The lowest BCUT2D eigenvalue weighted by Crippen LogP contribution is -2.56. The van der Waals surface area contributed by atoms with Crippen LogP contribution >= 0.6 is 0 Å². The van der Waals surface area contributed by atoms with Crippen LogP contribution in [0.4, 0.5) is 4.79 Å². The van der Waals surface area contributed by atoms with Crippen LogP contribution in [0.3, 0.4) is 0 Å². The van der Waals surface area contributed by atoms with Crippen LogP contribution in [0.25, 0.3) is 0 Å². The second-order valence-electron chi connectivity index (χ2n) is 11.2. The summed E-state index contributed by atoms with van der Waals surface area (Å²) >= 11 is 0. The maximum Gasteiger partial charge on any atom is 0.408 e. The molecular weight excluding hydrogens is 484 g/mol. The van der Waals surface area contributed by atoms with Crippen LogP contribution in [0, 0.1) is 18.3 Å². The molecule has 1 aromatic carbocycles. The molecule has 3 atom stereocenters. The lowest BCUT2D eigenvalue weighted by atomic mass is 9.94. The number of terminal acetylenes is 1. The van der Waals surface area contributed by atoms with Crippen LogP contribution in [-0.2, 0) is 19.1 Å². The minimum atomic E-state index is -1.35. The van der Waals surface area contributed by atoms with Gasteiger partial charge in [0.25, 0.3) is 0 Å². The molecule has 0 saturated heterocycles. The number of hydrogen-bond donors (Lipinski definition) is 3. The standard InChI is InChI=1S/C29H44N4O5/c1-10-21-13-11-12-14-22(21)25(26(35)31-19(4)5)33(20(6)16-15-18(2)3)27(36)23(17-24(30)34)32-28(37)38-29(7,8)9/h1,11-14,18-20,23,25H,15-17H2,2-9H3,(H2,30,34)(H,31,35)(H,32,37). The minimum Gasteiger partial charge on any atom is -0.444 e. The zero-order chi connectivity index (χ0) is 29.2. The Morgan fingerprint density at radius 3 is 2.13 bits per heavy atom. The maximum absolute atomic E-state index is 14.2. The molecule has 4 N–H and O–H groups in total. The van der Waals surface area contributed by atoms with Crippen molar-refractivity contribution >= 4 is 23.8 Å². The van der Waals surface area contributed by atoms with Crippen LogP contribution in [0.1, 0.15) is 91.8 Å². The summed E-state index contributed by atoms with van der Waals surface area (Å²) in [5.74, 6) is 1.09. The number of ether oxygens (including phenoxy) is 1. The van der Waals surface area contributed by atoms with E-state index in [1.165, 1.54) is 4.90 Å². The third kappa shape index (κ3) is 10.4. The summed E-state index contributed by atoms with van der Waals surface area (Å²) in [5, 5.41) is 5.39. The highest BCUT2D eigenvalue weighted by atomic mass is 16.6. The normalized spacial score (nSPS) is 13.7. The predicted molar refractivity (Wildman–Crippen MR) is 148 cm³/mol. The Kier molecular flexibility index (Phi) is 12.3. The largest absolute Gasteiger partial charge is 0.444 e.